The highest BCUT2D eigenvalue weighted by Gasteiger charge is 2.32. The molecule has 0 spiro atoms. The van der Waals surface area contributed by atoms with Gasteiger partial charge in [-0.15, -0.1) is 0 Å². The van der Waals surface area contributed by atoms with Crippen LogP contribution < -0.4 is 10.4 Å². The van der Waals surface area contributed by atoms with Gasteiger partial charge >= 0.3 is 5.69 Å². The lowest BCUT2D eigenvalue weighted by molar-refractivity contribution is 0.328. The van der Waals surface area contributed by atoms with Crippen molar-refractivity contribution >= 4 is 21.6 Å². The van der Waals surface area contributed by atoms with Crippen LogP contribution >= 0.6 is 11.6 Å². The highest BCUT2D eigenvalue weighted by atomic mass is 35.5. The van der Waals surface area contributed by atoms with Gasteiger partial charge in [-0.1, -0.05) is 11.6 Å². The average Bonchev–Trinajstić information content (AvgIpc) is 3.49. The van der Waals surface area contributed by atoms with Crippen LogP contribution in [-0.4, -0.2) is 47.3 Å². The molecule has 2 aromatic rings. The topological polar surface area (TPSA) is 86.4 Å². The molecule has 1 aliphatic heterocycles. The van der Waals surface area contributed by atoms with Gasteiger partial charge in [0.25, 0.3) is 0 Å². The van der Waals surface area contributed by atoms with E-state index < -0.39 is 10.0 Å². The number of nitrogens with zero attached hydrogens (tertiary/aromatic N) is 4. The first-order valence-electron chi connectivity index (χ1n) is 9.79. The third kappa shape index (κ3) is 3.95. The zero-order chi connectivity index (χ0) is 20.8. The van der Waals surface area contributed by atoms with E-state index in [0.29, 0.717) is 44.0 Å². The molecule has 1 unspecified atom stereocenters. The van der Waals surface area contributed by atoms with Crippen LogP contribution in [0, 0.1) is 5.92 Å². The summed E-state index contributed by atoms with van der Waals surface area (Å²) in [7, 11) is -0.656. The van der Waals surface area contributed by atoms with E-state index in [0.717, 1.165) is 18.7 Å². The molecule has 1 aliphatic carbocycles. The molecule has 1 fully saturated rings. The number of aryl methyl sites for hydroxylation is 1. The van der Waals surface area contributed by atoms with Crippen LogP contribution in [0.1, 0.15) is 31.5 Å². The van der Waals surface area contributed by atoms with E-state index in [9.17, 15) is 13.2 Å². The zero-order valence-electron chi connectivity index (χ0n) is 16.5. The summed E-state index contributed by atoms with van der Waals surface area (Å²) >= 11 is 6.11. The molecular formula is C19H25ClN4O4S. The van der Waals surface area contributed by atoms with Gasteiger partial charge in [0.2, 0.25) is 10.0 Å². The van der Waals surface area contributed by atoms with Crippen molar-refractivity contribution in [2.45, 2.75) is 56.1 Å². The quantitative estimate of drug-likeness (QED) is 0.686. The molecule has 10 heteroatoms. The molecule has 1 atom stereocenters. The number of methoxy groups -OCH3 is 1. The second-order valence-electron chi connectivity index (χ2n) is 7.77. The van der Waals surface area contributed by atoms with Crippen molar-refractivity contribution in [1.29, 1.82) is 0 Å². The Kier molecular flexibility index (Phi) is 5.48. The van der Waals surface area contributed by atoms with Gasteiger partial charge in [0.05, 0.1) is 17.0 Å². The molecule has 2 aliphatic rings. The largest absolute Gasteiger partial charge is 0.495 e. The Morgan fingerprint density at radius 3 is 2.69 bits per heavy atom. The molecule has 158 valence electrons. The number of halogens is 1. The van der Waals surface area contributed by atoms with Crippen LogP contribution in [0.25, 0.3) is 0 Å². The molecular weight excluding hydrogens is 416 g/mol. The van der Waals surface area contributed by atoms with Gasteiger partial charge in [0, 0.05) is 32.6 Å². The predicted octanol–water partition coefficient (Wildman–Crippen LogP) is 2.14. The third-order valence-electron chi connectivity index (χ3n) is 5.83. The minimum absolute atomic E-state index is 0.0833. The standard InChI is InChI=1S/C19H25ClN4O4S/c1-22(29(26,27)15-6-7-17(28-2)16(20)11-15)14-5-8-18-21-24(12-13-3-4-13)19(25)23(18)10-9-14/h6-7,11,13-14H,3-5,8-10,12H2,1-2H3. The normalized spacial score (nSPS) is 19.8. The van der Waals surface area contributed by atoms with Crippen LogP contribution in [-0.2, 0) is 29.5 Å². The third-order valence-corrected chi connectivity index (χ3v) is 8.03. The molecule has 0 bridgehead atoms. The maximum absolute atomic E-state index is 13.1. The second-order valence-corrected chi connectivity index (χ2v) is 10.2. The summed E-state index contributed by atoms with van der Waals surface area (Å²) in [6.07, 6.45) is 4.06. The lowest BCUT2D eigenvalue weighted by atomic mass is 10.1. The predicted molar refractivity (Wildman–Crippen MR) is 109 cm³/mol. The smallest absolute Gasteiger partial charge is 0.345 e. The molecule has 29 heavy (non-hydrogen) atoms. The fourth-order valence-electron chi connectivity index (χ4n) is 3.81. The van der Waals surface area contributed by atoms with Gasteiger partial charge in [0.1, 0.15) is 11.6 Å². The van der Waals surface area contributed by atoms with Gasteiger partial charge in [-0.3, -0.25) is 4.57 Å². The number of fused-ring (bicyclic) bond motifs is 1. The van der Waals surface area contributed by atoms with Crippen molar-refractivity contribution in [3.63, 3.8) is 0 Å². The Labute approximate surface area is 175 Å². The van der Waals surface area contributed by atoms with E-state index in [1.165, 1.54) is 23.5 Å². The SMILES string of the molecule is COc1ccc(S(=O)(=O)N(C)C2CCc3nn(CC4CC4)c(=O)n3CC2)cc1Cl. The Hall–Kier alpha value is -1.84. The number of hydrogen-bond acceptors (Lipinski definition) is 5. The van der Waals surface area contributed by atoms with E-state index in [2.05, 4.69) is 5.10 Å². The van der Waals surface area contributed by atoms with E-state index in [-0.39, 0.29) is 21.6 Å². The number of benzene rings is 1. The maximum Gasteiger partial charge on any atom is 0.345 e. The monoisotopic (exact) mass is 440 g/mol. The van der Waals surface area contributed by atoms with E-state index in [4.69, 9.17) is 16.3 Å². The van der Waals surface area contributed by atoms with Crippen LogP contribution in [0.2, 0.25) is 5.02 Å². The first kappa shape index (κ1) is 20.4. The van der Waals surface area contributed by atoms with Crippen molar-refractivity contribution in [3.05, 3.63) is 39.5 Å². The number of sulfonamides is 1. The fraction of sp³-hybridized carbons (Fsp3) is 0.579. The summed E-state index contributed by atoms with van der Waals surface area (Å²) in [5, 5.41) is 4.75. The molecule has 1 aromatic carbocycles. The van der Waals surface area contributed by atoms with Crippen LogP contribution in [0.4, 0.5) is 0 Å². The molecule has 2 heterocycles. The Morgan fingerprint density at radius 2 is 2.03 bits per heavy atom. The van der Waals surface area contributed by atoms with E-state index in [1.54, 1.807) is 22.4 Å². The first-order valence-corrected chi connectivity index (χ1v) is 11.6. The van der Waals surface area contributed by atoms with Crippen molar-refractivity contribution in [2.24, 2.45) is 5.92 Å². The van der Waals surface area contributed by atoms with Gasteiger partial charge < -0.3 is 4.74 Å². The molecule has 0 N–H and O–H groups in total. The second kappa shape index (κ2) is 7.77. The molecule has 0 radical (unpaired) electrons. The summed E-state index contributed by atoms with van der Waals surface area (Å²) in [6, 6.07) is 4.23. The lowest BCUT2D eigenvalue weighted by Crippen LogP contribution is -2.37. The number of aromatic nitrogens is 3. The number of rotatable bonds is 6. The molecule has 4 rings (SSSR count). The zero-order valence-corrected chi connectivity index (χ0v) is 18.1. The minimum atomic E-state index is -3.72. The van der Waals surface area contributed by atoms with Crippen LogP contribution in [0.15, 0.2) is 27.9 Å². The Bertz CT molecular complexity index is 1070. The van der Waals surface area contributed by atoms with Crippen molar-refractivity contribution in [2.75, 3.05) is 14.2 Å². The number of ether oxygens (including phenoxy) is 1. The summed E-state index contributed by atoms with van der Waals surface area (Å²) in [5.41, 5.74) is -0.0833. The molecule has 0 saturated heterocycles. The Balaban J connectivity index is 1.51. The summed E-state index contributed by atoms with van der Waals surface area (Å²) < 4.78 is 36.0. The summed E-state index contributed by atoms with van der Waals surface area (Å²) in [6.45, 7) is 1.15. The van der Waals surface area contributed by atoms with Gasteiger partial charge in [-0.25, -0.2) is 17.9 Å². The van der Waals surface area contributed by atoms with Gasteiger partial charge in [0.15, 0.2) is 0 Å². The average molecular weight is 441 g/mol. The minimum Gasteiger partial charge on any atom is -0.495 e. The van der Waals surface area contributed by atoms with E-state index in [1.807, 2.05) is 0 Å². The van der Waals surface area contributed by atoms with Crippen molar-refractivity contribution < 1.29 is 13.2 Å². The van der Waals surface area contributed by atoms with Gasteiger partial charge in [-0.05, 0) is 49.8 Å². The molecule has 0 amide bonds. The molecule has 8 nitrogen and oxygen atoms in total. The highest BCUT2D eigenvalue weighted by Crippen LogP contribution is 2.31. The maximum atomic E-state index is 13.1. The molecule has 1 saturated carbocycles. The molecule has 1 aromatic heterocycles. The van der Waals surface area contributed by atoms with Crippen LogP contribution in [0.3, 0.4) is 0 Å². The van der Waals surface area contributed by atoms with Crippen molar-refractivity contribution in [3.8, 4) is 5.75 Å². The fourth-order valence-corrected chi connectivity index (χ4v) is 5.58. The number of hydrogen-bond donors (Lipinski definition) is 0. The van der Waals surface area contributed by atoms with Gasteiger partial charge in [-0.2, -0.15) is 9.40 Å². The van der Waals surface area contributed by atoms with E-state index >= 15 is 0 Å². The lowest BCUT2D eigenvalue weighted by Gasteiger charge is -2.26. The summed E-state index contributed by atoms with van der Waals surface area (Å²) in [4.78, 5) is 12.8. The van der Waals surface area contributed by atoms with Crippen molar-refractivity contribution in [1.82, 2.24) is 18.7 Å². The highest BCUT2D eigenvalue weighted by molar-refractivity contribution is 7.89. The first-order chi connectivity index (χ1) is 13.8. The van der Waals surface area contributed by atoms with Crippen LogP contribution in [0.5, 0.6) is 5.75 Å². The summed E-state index contributed by atoms with van der Waals surface area (Å²) in [5.74, 6) is 1.75. The Morgan fingerprint density at radius 1 is 1.28 bits per heavy atom.